The van der Waals surface area contributed by atoms with E-state index in [4.69, 9.17) is 0 Å². The van der Waals surface area contributed by atoms with Crippen LogP contribution in [0.3, 0.4) is 0 Å². The number of sulfonamides is 1. The van der Waals surface area contributed by atoms with E-state index in [9.17, 15) is 13.2 Å². The van der Waals surface area contributed by atoms with Crippen LogP contribution in [0.4, 0.5) is 0 Å². The highest BCUT2D eigenvalue weighted by Crippen LogP contribution is 2.05. The Hall–Kier alpha value is -0.370. The van der Waals surface area contributed by atoms with E-state index in [1.54, 1.807) is 11.8 Å². The van der Waals surface area contributed by atoms with Gasteiger partial charge in [-0.05, 0) is 13.8 Å². The molecule has 0 aromatic rings. The molecule has 102 valence electrons. The number of piperazine rings is 1. The first-order valence-corrected chi connectivity index (χ1v) is 7.19. The molecular formula is C9H20ClN3O3S. The lowest BCUT2D eigenvalue weighted by Gasteiger charge is -2.35. The quantitative estimate of drug-likeness (QED) is 0.709. The molecule has 0 radical (unpaired) electrons. The van der Waals surface area contributed by atoms with Gasteiger partial charge in [0, 0.05) is 25.7 Å². The fraction of sp³-hybridized carbons (Fsp3) is 0.889. The van der Waals surface area contributed by atoms with E-state index in [2.05, 4.69) is 10.0 Å². The van der Waals surface area contributed by atoms with Crippen LogP contribution in [-0.2, 0) is 14.8 Å². The molecule has 0 aromatic carbocycles. The van der Waals surface area contributed by atoms with E-state index in [-0.39, 0.29) is 24.4 Å². The van der Waals surface area contributed by atoms with E-state index in [1.165, 1.54) is 0 Å². The van der Waals surface area contributed by atoms with Crippen molar-refractivity contribution < 1.29 is 13.2 Å². The molecule has 1 unspecified atom stereocenters. The predicted octanol–water partition coefficient (Wildman–Crippen LogP) is -0.834. The molecule has 2 atom stereocenters. The minimum Gasteiger partial charge on any atom is -0.336 e. The Morgan fingerprint density at radius 3 is 2.59 bits per heavy atom. The second-order valence-electron chi connectivity index (χ2n) is 4.20. The summed E-state index contributed by atoms with van der Waals surface area (Å²) in [6.07, 6.45) is 1.05. The van der Waals surface area contributed by atoms with Crippen LogP contribution in [0.1, 0.15) is 13.8 Å². The van der Waals surface area contributed by atoms with Crippen molar-refractivity contribution >= 4 is 28.3 Å². The molecule has 0 spiro atoms. The molecule has 8 heteroatoms. The van der Waals surface area contributed by atoms with Crippen LogP contribution in [0.2, 0.25) is 0 Å². The van der Waals surface area contributed by atoms with Gasteiger partial charge < -0.3 is 10.2 Å². The number of carbonyl (C=O) groups excluding carboxylic acids is 1. The average molecular weight is 286 g/mol. The van der Waals surface area contributed by atoms with Crippen LogP contribution in [0.15, 0.2) is 0 Å². The van der Waals surface area contributed by atoms with Gasteiger partial charge >= 0.3 is 0 Å². The number of rotatable bonds is 3. The largest absolute Gasteiger partial charge is 0.336 e. The average Bonchev–Trinajstić information content (AvgIpc) is 2.15. The van der Waals surface area contributed by atoms with E-state index >= 15 is 0 Å². The first-order chi connectivity index (χ1) is 7.31. The van der Waals surface area contributed by atoms with Crippen molar-refractivity contribution in [3.63, 3.8) is 0 Å². The molecule has 0 aromatic heterocycles. The number of nitrogens with zero attached hydrogens (tertiary/aromatic N) is 1. The van der Waals surface area contributed by atoms with Crippen molar-refractivity contribution in [2.45, 2.75) is 25.9 Å². The van der Waals surface area contributed by atoms with Crippen LogP contribution in [0.5, 0.6) is 0 Å². The van der Waals surface area contributed by atoms with Gasteiger partial charge in [-0.15, -0.1) is 12.4 Å². The lowest BCUT2D eigenvalue weighted by atomic mass is 10.2. The third kappa shape index (κ3) is 5.20. The third-order valence-corrected chi connectivity index (χ3v) is 3.33. The minimum absolute atomic E-state index is 0. The maximum atomic E-state index is 12.0. The van der Waals surface area contributed by atoms with Crippen LogP contribution < -0.4 is 10.0 Å². The Kier molecular flexibility index (Phi) is 6.39. The summed E-state index contributed by atoms with van der Waals surface area (Å²) in [6, 6.07) is -0.597. The van der Waals surface area contributed by atoms with Gasteiger partial charge in [0.15, 0.2) is 0 Å². The predicted molar refractivity (Wildman–Crippen MR) is 68.7 cm³/mol. The zero-order valence-corrected chi connectivity index (χ0v) is 11.9. The van der Waals surface area contributed by atoms with E-state index < -0.39 is 16.1 Å². The highest BCUT2D eigenvalue weighted by Gasteiger charge is 2.27. The van der Waals surface area contributed by atoms with Crippen molar-refractivity contribution in [3.8, 4) is 0 Å². The second kappa shape index (κ2) is 6.53. The van der Waals surface area contributed by atoms with Crippen molar-refractivity contribution in [1.29, 1.82) is 0 Å². The molecule has 2 N–H and O–H groups in total. The van der Waals surface area contributed by atoms with Gasteiger partial charge in [0.05, 0.1) is 12.3 Å². The summed E-state index contributed by atoms with van der Waals surface area (Å²) in [5.41, 5.74) is 0. The zero-order valence-electron chi connectivity index (χ0n) is 10.3. The highest BCUT2D eigenvalue weighted by atomic mass is 35.5. The fourth-order valence-electron chi connectivity index (χ4n) is 1.79. The van der Waals surface area contributed by atoms with Gasteiger partial charge in [0.2, 0.25) is 15.9 Å². The van der Waals surface area contributed by atoms with Crippen molar-refractivity contribution in [2.75, 3.05) is 25.9 Å². The van der Waals surface area contributed by atoms with Crippen molar-refractivity contribution in [2.24, 2.45) is 0 Å². The molecule has 1 amide bonds. The lowest BCUT2D eigenvalue weighted by molar-refractivity contribution is -0.135. The number of nitrogens with one attached hydrogen (secondary N) is 2. The summed E-state index contributed by atoms with van der Waals surface area (Å²) in [5, 5.41) is 3.17. The van der Waals surface area contributed by atoms with Gasteiger partial charge in [0.1, 0.15) is 0 Å². The van der Waals surface area contributed by atoms with Crippen LogP contribution in [0, 0.1) is 0 Å². The van der Waals surface area contributed by atoms with Gasteiger partial charge in [-0.1, -0.05) is 0 Å². The smallest absolute Gasteiger partial charge is 0.240 e. The van der Waals surface area contributed by atoms with E-state index in [0.29, 0.717) is 6.54 Å². The number of hydrogen-bond donors (Lipinski definition) is 2. The molecule has 1 saturated heterocycles. The van der Waals surface area contributed by atoms with Crippen molar-refractivity contribution in [1.82, 2.24) is 14.9 Å². The number of hydrogen-bond acceptors (Lipinski definition) is 4. The maximum absolute atomic E-state index is 12.0. The van der Waals surface area contributed by atoms with Crippen molar-refractivity contribution in [3.05, 3.63) is 0 Å². The zero-order chi connectivity index (χ0) is 12.3. The molecule has 0 saturated carbocycles. The Morgan fingerprint density at radius 2 is 2.12 bits per heavy atom. The van der Waals surface area contributed by atoms with Gasteiger partial charge in [0.25, 0.3) is 0 Å². The summed E-state index contributed by atoms with van der Waals surface area (Å²) in [4.78, 5) is 13.7. The fourth-order valence-corrected chi connectivity index (χ4v) is 2.53. The summed E-state index contributed by atoms with van der Waals surface area (Å²) >= 11 is 0. The highest BCUT2D eigenvalue weighted by molar-refractivity contribution is 7.88. The molecular weight excluding hydrogens is 266 g/mol. The van der Waals surface area contributed by atoms with Gasteiger partial charge in [-0.25, -0.2) is 13.1 Å². The van der Waals surface area contributed by atoms with Gasteiger partial charge in [-0.3, -0.25) is 4.79 Å². The van der Waals surface area contributed by atoms with Gasteiger partial charge in [-0.2, -0.15) is 0 Å². The summed E-state index contributed by atoms with van der Waals surface area (Å²) < 4.78 is 24.3. The first kappa shape index (κ1) is 16.6. The number of carbonyl (C=O) groups is 1. The topological polar surface area (TPSA) is 78.5 Å². The third-order valence-electron chi connectivity index (χ3n) is 2.55. The van der Waals surface area contributed by atoms with Crippen LogP contribution >= 0.6 is 12.4 Å². The maximum Gasteiger partial charge on any atom is 0.240 e. The molecule has 1 aliphatic heterocycles. The minimum atomic E-state index is -3.34. The molecule has 0 aliphatic carbocycles. The Labute approximate surface area is 109 Å². The van der Waals surface area contributed by atoms with Crippen LogP contribution in [0.25, 0.3) is 0 Å². The second-order valence-corrected chi connectivity index (χ2v) is 5.98. The summed E-state index contributed by atoms with van der Waals surface area (Å²) in [7, 11) is -3.34. The number of halogens is 1. The summed E-state index contributed by atoms with van der Waals surface area (Å²) in [5.74, 6) is -0.167. The Bertz CT molecular complexity index is 360. The number of amides is 1. The lowest BCUT2D eigenvalue weighted by Crippen LogP contribution is -2.57. The molecule has 1 aliphatic rings. The van der Waals surface area contributed by atoms with Crippen LogP contribution in [-0.4, -0.2) is 57.2 Å². The standard InChI is InChI=1S/C9H19N3O3S.ClH/c1-7-6-10-4-5-12(7)9(13)8(2)11-16(3,14)15;/h7-8,10-11H,4-6H2,1-3H3;1H/t7-,8?;/m0./s1. The first-order valence-electron chi connectivity index (χ1n) is 5.30. The molecule has 6 nitrogen and oxygen atoms in total. The Balaban J connectivity index is 0.00000256. The SMILES string of the molecule is CC(NS(C)(=O)=O)C(=O)N1CCNC[C@@H]1C.Cl. The summed E-state index contributed by atoms with van der Waals surface area (Å²) in [6.45, 7) is 5.63. The monoisotopic (exact) mass is 285 g/mol. The molecule has 0 bridgehead atoms. The van der Waals surface area contributed by atoms with E-state index in [0.717, 1.165) is 19.3 Å². The molecule has 17 heavy (non-hydrogen) atoms. The molecule has 1 heterocycles. The molecule has 1 fully saturated rings. The Morgan fingerprint density at radius 1 is 1.53 bits per heavy atom. The van der Waals surface area contributed by atoms with E-state index in [1.807, 2.05) is 6.92 Å². The normalized spacial score (nSPS) is 22.8. The molecule has 1 rings (SSSR count).